The summed E-state index contributed by atoms with van der Waals surface area (Å²) in [5, 5.41) is 0. The zero-order valence-corrected chi connectivity index (χ0v) is 49.2. The van der Waals surface area contributed by atoms with Gasteiger partial charge in [0.25, 0.3) is 0 Å². The van der Waals surface area contributed by atoms with Crippen molar-refractivity contribution >= 4 is 17.9 Å². The smallest absolute Gasteiger partial charge is 0.306 e. The highest BCUT2D eigenvalue weighted by Gasteiger charge is 2.19. The van der Waals surface area contributed by atoms with Crippen molar-refractivity contribution in [1.82, 2.24) is 0 Å². The lowest BCUT2D eigenvalue weighted by molar-refractivity contribution is -0.167. The molecular weight excluding hydrogens is 937 g/mol. The molecule has 0 aliphatic rings. The maximum atomic E-state index is 12.8. The average molecular weight is 1050 g/mol. The molecule has 0 aliphatic carbocycles. The van der Waals surface area contributed by atoms with Gasteiger partial charge >= 0.3 is 17.9 Å². The van der Waals surface area contributed by atoms with Crippen LogP contribution in [-0.2, 0) is 28.6 Å². The zero-order chi connectivity index (χ0) is 55.0. The van der Waals surface area contributed by atoms with E-state index in [0.29, 0.717) is 19.3 Å². The van der Waals surface area contributed by atoms with Crippen LogP contribution in [0, 0.1) is 0 Å². The number of carbonyl (C=O) groups is 3. The largest absolute Gasteiger partial charge is 0.462 e. The second kappa shape index (κ2) is 63.1. The van der Waals surface area contributed by atoms with Gasteiger partial charge in [0.1, 0.15) is 13.2 Å². The SMILES string of the molecule is CC/C=C\C/C=C\C/C=C\C/C=C\C/C=C\C/C=C\C/C=C\C/C=C\C/C=C\CCCCCCCC(=O)OCC(COC(=O)CCCCCCC/C=C\CCCCC)OC(=O)CCCCCCC/C=C\CCCCCC. The summed E-state index contributed by atoms with van der Waals surface area (Å²) in [7, 11) is 0. The predicted molar refractivity (Wildman–Crippen MR) is 329 cm³/mol. The van der Waals surface area contributed by atoms with Crippen molar-refractivity contribution in [3.63, 3.8) is 0 Å². The lowest BCUT2D eigenvalue weighted by Gasteiger charge is -2.18. The molecule has 0 heterocycles. The van der Waals surface area contributed by atoms with Crippen molar-refractivity contribution in [1.29, 1.82) is 0 Å². The summed E-state index contributed by atoms with van der Waals surface area (Å²) in [6, 6.07) is 0. The highest BCUT2D eigenvalue weighted by molar-refractivity contribution is 5.71. The fourth-order valence-corrected chi connectivity index (χ4v) is 8.19. The highest BCUT2D eigenvalue weighted by atomic mass is 16.6. The molecule has 0 N–H and O–H groups in total. The van der Waals surface area contributed by atoms with E-state index in [-0.39, 0.29) is 31.1 Å². The Hall–Kier alpha value is -4.45. The van der Waals surface area contributed by atoms with E-state index in [1.54, 1.807) is 0 Å². The van der Waals surface area contributed by atoms with E-state index < -0.39 is 6.10 Å². The number of unbranched alkanes of at least 4 members (excludes halogenated alkanes) is 22. The van der Waals surface area contributed by atoms with Crippen LogP contribution in [0.2, 0.25) is 0 Å². The van der Waals surface area contributed by atoms with E-state index in [0.717, 1.165) is 161 Å². The molecule has 0 aromatic heterocycles. The fraction of sp³-hybridized carbons (Fsp3) is 0.643. The Kier molecular flexibility index (Phi) is 59.4. The molecule has 6 nitrogen and oxygen atoms in total. The van der Waals surface area contributed by atoms with Gasteiger partial charge in [0.15, 0.2) is 6.10 Å². The van der Waals surface area contributed by atoms with Crippen molar-refractivity contribution in [2.75, 3.05) is 13.2 Å². The minimum absolute atomic E-state index is 0.0943. The first kappa shape index (κ1) is 71.5. The molecule has 0 saturated heterocycles. The Balaban J connectivity index is 4.29. The number of hydrogen-bond acceptors (Lipinski definition) is 6. The lowest BCUT2D eigenvalue weighted by Crippen LogP contribution is -2.30. The third kappa shape index (κ3) is 60.4. The van der Waals surface area contributed by atoms with Crippen LogP contribution in [0.4, 0.5) is 0 Å². The molecule has 76 heavy (non-hydrogen) atoms. The minimum atomic E-state index is -0.797. The Labute approximate surface area is 468 Å². The second-order valence-corrected chi connectivity index (χ2v) is 20.2. The normalized spacial score (nSPS) is 13.0. The molecular formula is C70H114O6. The summed E-state index contributed by atoms with van der Waals surface area (Å²) < 4.78 is 16.8. The van der Waals surface area contributed by atoms with Crippen molar-refractivity contribution in [2.24, 2.45) is 0 Å². The lowest BCUT2D eigenvalue weighted by atomic mass is 10.1. The first-order valence-corrected chi connectivity index (χ1v) is 31.2. The van der Waals surface area contributed by atoms with Crippen LogP contribution in [0.5, 0.6) is 0 Å². The maximum absolute atomic E-state index is 12.8. The molecule has 1 atom stereocenters. The van der Waals surface area contributed by atoms with Crippen molar-refractivity contribution in [2.45, 2.75) is 277 Å². The molecule has 0 amide bonds. The molecule has 0 aliphatic heterocycles. The molecule has 430 valence electrons. The van der Waals surface area contributed by atoms with Gasteiger partial charge in [0.05, 0.1) is 0 Å². The summed E-state index contributed by atoms with van der Waals surface area (Å²) in [6.07, 6.45) is 88.8. The minimum Gasteiger partial charge on any atom is -0.462 e. The number of hydrogen-bond donors (Lipinski definition) is 0. The molecule has 0 bridgehead atoms. The number of allylic oxidation sites excluding steroid dienone is 22. The molecule has 0 aromatic rings. The number of carbonyl (C=O) groups excluding carboxylic acids is 3. The van der Waals surface area contributed by atoms with Crippen LogP contribution in [0.3, 0.4) is 0 Å². The number of ether oxygens (including phenoxy) is 3. The van der Waals surface area contributed by atoms with Gasteiger partial charge < -0.3 is 14.2 Å². The molecule has 1 unspecified atom stereocenters. The Bertz CT molecular complexity index is 1630. The van der Waals surface area contributed by atoms with Crippen LogP contribution < -0.4 is 0 Å². The van der Waals surface area contributed by atoms with E-state index in [2.05, 4.69) is 154 Å². The molecule has 0 spiro atoms. The monoisotopic (exact) mass is 1050 g/mol. The Morgan fingerprint density at radius 1 is 0.276 bits per heavy atom. The van der Waals surface area contributed by atoms with Gasteiger partial charge in [0, 0.05) is 19.3 Å². The number of rotatable bonds is 55. The van der Waals surface area contributed by atoms with E-state index in [1.807, 2.05) is 0 Å². The maximum Gasteiger partial charge on any atom is 0.306 e. The van der Waals surface area contributed by atoms with E-state index in [9.17, 15) is 14.4 Å². The quantitative estimate of drug-likeness (QED) is 0.0261. The van der Waals surface area contributed by atoms with Gasteiger partial charge in [-0.05, 0) is 141 Å². The van der Waals surface area contributed by atoms with Crippen molar-refractivity contribution in [3.8, 4) is 0 Å². The first-order chi connectivity index (χ1) is 37.5. The summed E-state index contributed by atoms with van der Waals surface area (Å²) in [5.74, 6) is -0.933. The van der Waals surface area contributed by atoms with Gasteiger partial charge in [-0.15, -0.1) is 0 Å². The van der Waals surface area contributed by atoms with Crippen molar-refractivity contribution < 1.29 is 28.6 Å². The predicted octanol–water partition coefficient (Wildman–Crippen LogP) is 21.4. The van der Waals surface area contributed by atoms with Crippen molar-refractivity contribution in [3.05, 3.63) is 134 Å². The average Bonchev–Trinajstić information content (AvgIpc) is 3.42. The first-order valence-electron chi connectivity index (χ1n) is 31.2. The molecule has 6 heteroatoms. The van der Waals surface area contributed by atoms with Gasteiger partial charge in [-0.1, -0.05) is 244 Å². The third-order valence-electron chi connectivity index (χ3n) is 12.9. The topological polar surface area (TPSA) is 78.9 Å². The van der Waals surface area contributed by atoms with Crippen LogP contribution in [0.15, 0.2) is 134 Å². The van der Waals surface area contributed by atoms with Crippen LogP contribution >= 0.6 is 0 Å². The molecule has 0 aromatic carbocycles. The number of esters is 3. The highest BCUT2D eigenvalue weighted by Crippen LogP contribution is 2.14. The van der Waals surface area contributed by atoms with E-state index in [4.69, 9.17) is 14.2 Å². The van der Waals surface area contributed by atoms with Crippen LogP contribution in [0.1, 0.15) is 271 Å². The van der Waals surface area contributed by atoms with Gasteiger partial charge in [0.2, 0.25) is 0 Å². The molecule has 0 radical (unpaired) electrons. The summed E-state index contributed by atoms with van der Waals surface area (Å²) >= 11 is 0. The van der Waals surface area contributed by atoms with E-state index >= 15 is 0 Å². The van der Waals surface area contributed by atoms with Gasteiger partial charge in [-0.3, -0.25) is 14.4 Å². The molecule has 0 rings (SSSR count). The Morgan fingerprint density at radius 3 is 0.842 bits per heavy atom. The van der Waals surface area contributed by atoms with Gasteiger partial charge in [-0.2, -0.15) is 0 Å². The molecule has 0 saturated carbocycles. The third-order valence-corrected chi connectivity index (χ3v) is 12.9. The Morgan fingerprint density at radius 2 is 0.513 bits per heavy atom. The van der Waals surface area contributed by atoms with Crippen LogP contribution in [-0.4, -0.2) is 37.2 Å². The molecule has 0 fully saturated rings. The fourth-order valence-electron chi connectivity index (χ4n) is 8.19. The van der Waals surface area contributed by atoms with E-state index in [1.165, 1.54) is 70.6 Å². The second-order valence-electron chi connectivity index (χ2n) is 20.2. The standard InChI is InChI=1S/C70H114O6/c1-4-7-10-13-16-19-22-25-26-27-28-29-30-31-32-33-34-35-36-37-38-39-40-41-42-43-44-46-48-51-54-57-60-63-69(72)75-66-67(65-74-68(71)62-59-56-53-50-47-24-21-18-15-12-9-6-3)76-70(73)64-61-58-55-52-49-45-23-20-17-14-11-8-5-2/h7,10,16,18-21,23,25-26,28-29,31-32,34-35,37-38,40-41,43-44,67H,4-6,8-9,11-15,17,22,24,27,30,33,36,39,42,45-66H2,1-3H3/b10-7-,19-16-,21-18-,23-20-,26-25-,29-28-,32-31-,35-34-,38-37-,41-40-,44-43-. The summed E-state index contributed by atoms with van der Waals surface area (Å²) in [6.45, 7) is 6.45. The summed E-state index contributed by atoms with van der Waals surface area (Å²) in [4.78, 5) is 38.1. The summed E-state index contributed by atoms with van der Waals surface area (Å²) in [5.41, 5.74) is 0. The zero-order valence-electron chi connectivity index (χ0n) is 49.2. The van der Waals surface area contributed by atoms with Crippen LogP contribution in [0.25, 0.3) is 0 Å². The van der Waals surface area contributed by atoms with Gasteiger partial charge in [-0.25, -0.2) is 0 Å².